The first-order chi connectivity index (χ1) is 10.9. The smallest absolute Gasteiger partial charge is 0.410 e. The van der Waals surface area contributed by atoms with Crippen molar-refractivity contribution < 1.29 is 19.7 Å². The highest BCUT2D eigenvalue weighted by Crippen LogP contribution is 2.35. The summed E-state index contributed by atoms with van der Waals surface area (Å²) in [5, 5.41) is 19.5. The van der Waals surface area contributed by atoms with Gasteiger partial charge in [-0.25, -0.2) is 4.79 Å². The molecule has 2 rings (SSSR count). The van der Waals surface area contributed by atoms with E-state index in [0.717, 1.165) is 0 Å². The van der Waals surface area contributed by atoms with E-state index in [0.29, 0.717) is 12.8 Å². The number of hydrogen-bond donors (Lipinski definition) is 2. The third-order valence-electron chi connectivity index (χ3n) is 4.20. The van der Waals surface area contributed by atoms with E-state index in [9.17, 15) is 15.0 Å². The minimum atomic E-state index is -0.604. The van der Waals surface area contributed by atoms with Crippen LogP contribution in [-0.2, 0) is 4.74 Å². The molecule has 128 valence electrons. The molecule has 5 nitrogen and oxygen atoms in total. The van der Waals surface area contributed by atoms with Gasteiger partial charge >= 0.3 is 6.09 Å². The summed E-state index contributed by atoms with van der Waals surface area (Å²) in [6.07, 6.45) is 0.856. The van der Waals surface area contributed by atoms with E-state index in [1.54, 1.807) is 0 Å². The lowest BCUT2D eigenvalue weighted by Gasteiger charge is -2.44. The highest BCUT2D eigenvalue weighted by molar-refractivity contribution is 5.69. The average molecular weight is 321 g/mol. The Hall–Kier alpha value is -1.59. The molecule has 0 aromatic heterocycles. The lowest BCUT2D eigenvalue weighted by Crippen LogP contribution is -2.55. The van der Waals surface area contributed by atoms with E-state index >= 15 is 0 Å². The normalized spacial score (nSPS) is 25.3. The Bertz CT molecular complexity index is 498. The average Bonchev–Trinajstić information content (AvgIpc) is 2.52. The molecule has 2 unspecified atom stereocenters. The summed E-state index contributed by atoms with van der Waals surface area (Å²) in [5.41, 5.74) is 0.570. The van der Waals surface area contributed by atoms with Crippen molar-refractivity contribution in [2.45, 2.75) is 57.2 Å². The maximum Gasteiger partial charge on any atom is 0.410 e. The number of aliphatic hydroxyl groups excluding tert-OH is 2. The molecule has 0 saturated carbocycles. The van der Waals surface area contributed by atoms with Crippen LogP contribution in [0.1, 0.15) is 45.1 Å². The first-order valence-corrected chi connectivity index (χ1v) is 8.13. The third-order valence-corrected chi connectivity index (χ3v) is 4.20. The standard InChI is InChI=1S/C18H27NO4/c1-18(2,3)23-17(22)19-15(11-20)9-14(10-16(19)12-21)13-7-5-4-6-8-13/h4-8,14-16,20-21H,9-12H2,1-3H3. The third kappa shape index (κ3) is 4.45. The molecule has 1 heterocycles. The number of amides is 1. The number of ether oxygens (including phenoxy) is 1. The largest absolute Gasteiger partial charge is 0.444 e. The zero-order chi connectivity index (χ0) is 17.0. The Balaban J connectivity index is 2.19. The second kappa shape index (κ2) is 7.32. The van der Waals surface area contributed by atoms with Crippen LogP contribution in [0.25, 0.3) is 0 Å². The Morgan fingerprint density at radius 1 is 1.13 bits per heavy atom. The predicted molar refractivity (Wildman–Crippen MR) is 88.2 cm³/mol. The molecule has 1 aliphatic heterocycles. The van der Waals surface area contributed by atoms with Crippen molar-refractivity contribution in [3.63, 3.8) is 0 Å². The van der Waals surface area contributed by atoms with Crippen LogP contribution in [0.4, 0.5) is 4.79 Å². The van der Waals surface area contributed by atoms with Gasteiger partial charge in [0.25, 0.3) is 0 Å². The molecule has 5 heteroatoms. The van der Waals surface area contributed by atoms with Gasteiger partial charge in [-0.2, -0.15) is 0 Å². The lowest BCUT2D eigenvalue weighted by atomic mass is 9.82. The van der Waals surface area contributed by atoms with E-state index in [2.05, 4.69) is 12.1 Å². The van der Waals surface area contributed by atoms with Gasteiger partial charge in [0.15, 0.2) is 0 Å². The SMILES string of the molecule is CC(C)(C)OC(=O)N1C(CO)CC(c2ccccc2)CC1CO. The molecule has 1 fully saturated rings. The number of piperidine rings is 1. The van der Waals surface area contributed by atoms with Crippen LogP contribution in [0.3, 0.4) is 0 Å². The quantitative estimate of drug-likeness (QED) is 0.897. The molecule has 2 atom stereocenters. The first-order valence-electron chi connectivity index (χ1n) is 8.13. The fourth-order valence-corrected chi connectivity index (χ4v) is 3.21. The number of carbonyl (C=O) groups is 1. The van der Waals surface area contributed by atoms with E-state index in [4.69, 9.17) is 4.74 Å². The monoisotopic (exact) mass is 321 g/mol. The molecular formula is C18H27NO4. The highest BCUT2D eigenvalue weighted by atomic mass is 16.6. The summed E-state index contributed by atoms with van der Waals surface area (Å²) in [7, 11) is 0. The summed E-state index contributed by atoms with van der Waals surface area (Å²) in [6, 6.07) is 9.34. The van der Waals surface area contributed by atoms with Crippen molar-refractivity contribution in [3.05, 3.63) is 35.9 Å². The van der Waals surface area contributed by atoms with Crippen LogP contribution in [0.2, 0.25) is 0 Å². The van der Waals surface area contributed by atoms with Gasteiger partial charge < -0.3 is 14.9 Å². The summed E-state index contributed by atoms with van der Waals surface area (Å²) >= 11 is 0. The van der Waals surface area contributed by atoms with Crippen LogP contribution in [0, 0.1) is 0 Å². The number of nitrogens with zero attached hydrogens (tertiary/aromatic N) is 1. The molecule has 23 heavy (non-hydrogen) atoms. The summed E-state index contributed by atoms with van der Waals surface area (Å²) in [6.45, 7) is 5.15. The minimum absolute atomic E-state index is 0.140. The van der Waals surface area contributed by atoms with Gasteiger partial charge in [0.05, 0.1) is 25.3 Å². The summed E-state index contributed by atoms with van der Waals surface area (Å²) in [4.78, 5) is 14.0. The Morgan fingerprint density at radius 3 is 2.09 bits per heavy atom. The number of hydrogen-bond acceptors (Lipinski definition) is 4. The molecule has 1 saturated heterocycles. The summed E-state index contributed by atoms with van der Waals surface area (Å²) < 4.78 is 5.45. The fraction of sp³-hybridized carbons (Fsp3) is 0.611. The van der Waals surface area contributed by atoms with Crippen LogP contribution in [0.15, 0.2) is 30.3 Å². The van der Waals surface area contributed by atoms with Crippen LogP contribution >= 0.6 is 0 Å². The number of benzene rings is 1. The van der Waals surface area contributed by atoms with Crippen molar-refractivity contribution in [2.24, 2.45) is 0 Å². The van der Waals surface area contributed by atoms with E-state index < -0.39 is 11.7 Å². The number of rotatable bonds is 3. The number of likely N-dealkylation sites (tertiary alicyclic amines) is 1. The van der Waals surface area contributed by atoms with Gasteiger partial charge in [0, 0.05) is 0 Å². The van der Waals surface area contributed by atoms with Crippen molar-refractivity contribution >= 4 is 6.09 Å². The van der Waals surface area contributed by atoms with Crippen molar-refractivity contribution in [3.8, 4) is 0 Å². The van der Waals surface area contributed by atoms with Gasteiger partial charge in [-0.05, 0) is 45.1 Å². The Kier molecular flexibility index (Phi) is 5.65. The molecule has 0 bridgehead atoms. The first kappa shape index (κ1) is 17.8. The second-order valence-corrected chi connectivity index (χ2v) is 7.14. The van der Waals surface area contributed by atoms with Gasteiger partial charge in [0.2, 0.25) is 0 Å². The van der Waals surface area contributed by atoms with Crippen molar-refractivity contribution in [1.29, 1.82) is 0 Å². The lowest BCUT2D eigenvalue weighted by molar-refractivity contribution is -0.0283. The second-order valence-electron chi connectivity index (χ2n) is 7.14. The minimum Gasteiger partial charge on any atom is -0.444 e. The van der Waals surface area contributed by atoms with Crippen LogP contribution in [0.5, 0.6) is 0 Å². The molecular weight excluding hydrogens is 294 g/mol. The number of aliphatic hydroxyl groups is 2. The summed E-state index contributed by atoms with van der Waals surface area (Å²) in [5.74, 6) is 0.212. The molecule has 0 spiro atoms. The predicted octanol–water partition coefficient (Wildman–Crippen LogP) is 2.52. The van der Waals surface area contributed by atoms with Gasteiger partial charge in [-0.3, -0.25) is 4.90 Å². The maximum absolute atomic E-state index is 12.5. The molecule has 0 aliphatic carbocycles. The maximum atomic E-state index is 12.5. The molecule has 0 radical (unpaired) electrons. The van der Waals surface area contributed by atoms with Crippen LogP contribution < -0.4 is 0 Å². The van der Waals surface area contributed by atoms with E-state index in [1.807, 2.05) is 39.0 Å². The topological polar surface area (TPSA) is 70.0 Å². The Morgan fingerprint density at radius 2 is 1.65 bits per heavy atom. The molecule has 1 aliphatic rings. The number of carbonyl (C=O) groups excluding carboxylic acids is 1. The van der Waals surface area contributed by atoms with Crippen molar-refractivity contribution in [1.82, 2.24) is 4.90 Å². The zero-order valence-corrected chi connectivity index (χ0v) is 14.1. The van der Waals surface area contributed by atoms with Crippen molar-refractivity contribution in [2.75, 3.05) is 13.2 Å². The molecule has 1 aromatic rings. The van der Waals surface area contributed by atoms with E-state index in [1.165, 1.54) is 10.5 Å². The molecule has 2 N–H and O–H groups in total. The van der Waals surface area contributed by atoms with E-state index in [-0.39, 0.29) is 31.2 Å². The Labute approximate surface area is 137 Å². The molecule has 1 amide bonds. The van der Waals surface area contributed by atoms with Gasteiger partial charge in [-0.1, -0.05) is 30.3 Å². The molecule has 1 aromatic carbocycles. The van der Waals surface area contributed by atoms with Crippen LogP contribution in [-0.4, -0.2) is 52.1 Å². The highest BCUT2D eigenvalue weighted by Gasteiger charge is 2.40. The zero-order valence-electron chi connectivity index (χ0n) is 14.1. The fourth-order valence-electron chi connectivity index (χ4n) is 3.21. The van der Waals surface area contributed by atoms with Gasteiger partial charge in [-0.15, -0.1) is 0 Å². The van der Waals surface area contributed by atoms with Gasteiger partial charge in [0.1, 0.15) is 5.60 Å².